The maximum atomic E-state index is 12.5. The number of hydrogen-bond acceptors (Lipinski definition) is 7. The Morgan fingerprint density at radius 2 is 1.27 bits per heavy atom. The third-order valence-corrected chi connectivity index (χ3v) is 7.09. The number of carbonyl (C=O) groups excluding carboxylic acids is 1. The maximum absolute atomic E-state index is 12.5. The average molecular weight is 572 g/mol. The number of amides is 1. The molecule has 236 valence electrons. The third kappa shape index (κ3) is 22.4. The molecule has 0 aromatic rings. The summed E-state index contributed by atoms with van der Waals surface area (Å²) in [6.07, 6.45) is 20.9. The Labute approximate surface area is 243 Å². The van der Waals surface area contributed by atoms with Gasteiger partial charge in [0.2, 0.25) is 5.91 Å². The minimum atomic E-state index is -1.34. The highest BCUT2D eigenvalue weighted by Gasteiger charge is 2.28. The highest BCUT2D eigenvalue weighted by Crippen LogP contribution is 2.15. The van der Waals surface area contributed by atoms with Crippen molar-refractivity contribution in [3.63, 3.8) is 0 Å². The molecule has 0 saturated carbocycles. The normalized spacial score (nSPS) is 15.9. The first kappa shape index (κ1) is 38.7. The Hall–Kier alpha value is -1.29. The molecule has 0 aliphatic carbocycles. The second-order valence-corrected chi connectivity index (χ2v) is 10.9. The highest BCUT2D eigenvalue weighted by molar-refractivity contribution is 5.77. The second kappa shape index (κ2) is 27.9. The molecule has 8 nitrogen and oxygen atoms in total. The van der Waals surface area contributed by atoms with Crippen LogP contribution in [-0.4, -0.2) is 81.7 Å². The number of rotatable bonds is 28. The van der Waals surface area contributed by atoms with Gasteiger partial charge in [0.1, 0.15) is 18.3 Å². The Morgan fingerprint density at radius 3 is 1.85 bits per heavy atom. The van der Waals surface area contributed by atoms with Crippen LogP contribution in [0.1, 0.15) is 123 Å². The van der Waals surface area contributed by atoms with Gasteiger partial charge in [-0.25, -0.2) is 0 Å². The molecule has 0 aliphatic heterocycles. The van der Waals surface area contributed by atoms with E-state index in [1.54, 1.807) is 6.08 Å². The molecule has 0 aliphatic rings. The highest BCUT2D eigenvalue weighted by atomic mass is 16.5. The second-order valence-electron chi connectivity index (χ2n) is 10.9. The van der Waals surface area contributed by atoms with E-state index in [-0.39, 0.29) is 25.5 Å². The molecule has 0 heterocycles. The largest absolute Gasteiger partial charge is 0.394 e. The fraction of sp³-hybridized carbons (Fsp3) is 0.844. The molecule has 0 aromatic heterocycles. The molecule has 6 N–H and O–H groups in total. The predicted octanol–water partition coefficient (Wildman–Crippen LogP) is 4.71. The molecule has 0 fully saturated rings. The van der Waals surface area contributed by atoms with Crippen molar-refractivity contribution >= 4 is 5.91 Å². The number of hydrogen-bond donors (Lipinski definition) is 6. The van der Waals surface area contributed by atoms with Gasteiger partial charge >= 0.3 is 0 Å². The molecule has 40 heavy (non-hydrogen) atoms. The van der Waals surface area contributed by atoms with Gasteiger partial charge in [-0.15, -0.1) is 0 Å². The number of aliphatic hydroxyl groups excluding tert-OH is 5. The third-order valence-electron chi connectivity index (χ3n) is 7.09. The summed E-state index contributed by atoms with van der Waals surface area (Å²) in [5, 5.41) is 52.4. The molecule has 0 spiro atoms. The van der Waals surface area contributed by atoms with E-state index in [2.05, 4.69) is 31.3 Å². The molecular formula is C32H61NO7. The number of aliphatic hydroxyl groups is 5. The first-order valence-corrected chi connectivity index (χ1v) is 15.9. The van der Waals surface area contributed by atoms with Crippen molar-refractivity contribution in [1.82, 2.24) is 5.32 Å². The van der Waals surface area contributed by atoms with Crippen molar-refractivity contribution in [1.29, 1.82) is 0 Å². The van der Waals surface area contributed by atoms with Gasteiger partial charge in [-0.1, -0.05) is 122 Å². The molecular weight excluding hydrogens is 510 g/mol. The minimum Gasteiger partial charge on any atom is -0.394 e. The summed E-state index contributed by atoms with van der Waals surface area (Å²) in [6.45, 7) is 3.32. The summed E-state index contributed by atoms with van der Waals surface area (Å²) in [5.74, 6) is -0.310. The van der Waals surface area contributed by atoms with Gasteiger partial charge < -0.3 is 35.6 Å². The molecule has 0 saturated heterocycles. The molecule has 1 unspecified atom stereocenters. The molecule has 0 radical (unpaired) electrons. The maximum Gasteiger partial charge on any atom is 0.224 e. The van der Waals surface area contributed by atoms with Gasteiger partial charge in [0, 0.05) is 6.42 Å². The van der Waals surface area contributed by atoms with E-state index >= 15 is 0 Å². The summed E-state index contributed by atoms with van der Waals surface area (Å²) >= 11 is 0. The number of allylic oxidation sites excluding steroid dienone is 3. The number of carbonyl (C=O) groups is 1. The van der Waals surface area contributed by atoms with Crippen LogP contribution in [0.15, 0.2) is 24.3 Å². The van der Waals surface area contributed by atoms with E-state index in [0.29, 0.717) is 6.42 Å². The summed E-state index contributed by atoms with van der Waals surface area (Å²) in [5.41, 5.74) is 0. The van der Waals surface area contributed by atoms with Crippen LogP contribution in [0.25, 0.3) is 0 Å². The lowest BCUT2D eigenvalue weighted by atomic mass is 9.99. The number of ether oxygens (including phenoxy) is 1. The van der Waals surface area contributed by atoms with Crippen molar-refractivity contribution in [2.75, 3.05) is 19.8 Å². The van der Waals surface area contributed by atoms with Gasteiger partial charge in [0.25, 0.3) is 0 Å². The zero-order chi connectivity index (χ0) is 29.8. The van der Waals surface area contributed by atoms with Crippen LogP contribution >= 0.6 is 0 Å². The standard InChI is InChI=1S/C32H61NO7/c1-3-5-7-9-11-12-13-14-15-17-18-20-22-28(35)32(39)27(25-40-26-30(37)29(36)24-34)33-31(38)23-21-19-16-10-8-6-4-2/h8,10,19,21,27-30,32,34-37,39H,3-7,9,11-18,20,22-26H2,1-2H3,(H,33,38)/b10-8-,21-19-/t27-,28+,29-,30?,32-/m0/s1. The molecule has 8 heteroatoms. The summed E-state index contributed by atoms with van der Waals surface area (Å²) < 4.78 is 5.42. The van der Waals surface area contributed by atoms with Crippen molar-refractivity contribution in [2.45, 2.75) is 153 Å². The monoisotopic (exact) mass is 571 g/mol. The van der Waals surface area contributed by atoms with Gasteiger partial charge in [-0.2, -0.15) is 0 Å². The van der Waals surface area contributed by atoms with E-state index in [1.807, 2.05) is 6.08 Å². The SMILES string of the molecule is CCC/C=C\C/C=C\CC(=O)N[C@@H](COCC(O)[C@@H](O)CO)[C@H](O)[C@H](O)CCCCCCCCCCCCCC. The Morgan fingerprint density at radius 1 is 0.700 bits per heavy atom. The first-order chi connectivity index (χ1) is 19.4. The van der Waals surface area contributed by atoms with Crippen molar-refractivity contribution < 1.29 is 35.1 Å². The summed E-state index contributed by atoms with van der Waals surface area (Å²) in [4.78, 5) is 12.5. The van der Waals surface area contributed by atoms with Crippen molar-refractivity contribution in [3.05, 3.63) is 24.3 Å². The van der Waals surface area contributed by atoms with E-state index in [0.717, 1.165) is 38.5 Å². The van der Waals surface area contributed by atoms with Crippen molar-refractivity contribution in [3.8, 4) is 0 Å². The van der Waals surface area contributed by atoms with Crippen LogP contribution in [-0.2, 0) is 9.53 Å². The Balaban J connectivity index is 4.50. The predicted molar refractivity (Wildman–Crippen MR) is 162 cm³/mol. The fourth-order valence-corrected chi connectivity index (χ4v) is 4.42. The number of nitrogens with one attached hydrogen (secondary N) is 1. The molecule has 0 bridgehead atoms. The van der Waals surface area contributed by atoms with Gasteiger partial charge in [0.15, 0.2) is 0 Å². The Kier molecular flexibility index (Phi) is 27.0. The molecule has 1 amide bonds. The zero-order valence-electron chi connectivity index (χ0n) is 25.4. The van der Waals surface area contributed by atoms with Gasteiger partial charge in [-0.3, -0.25) is 4.79 Å². The van der Waals surface area contributed by atoms with Gasteiger partial charge in [0.05, 0.1) is 32.0 Å². The van der Waals surface area contributed by atoms with E-state index in [9.17, 15) is 25.2 Å². The van der Waals surface area contributed by atoms with E-state index < -0.39 is 37.1 Å². The zero-order valence-corrected chi connectivity index (χ0v) is 25.4. The first-order valence-electron chi connectivity index (χ1n) is 15.9. The van der Waals surface area contributed by atoms with Gasteiger partial charge in [-0.05, 0) is 19.3 Å². The topological polar surface area (TPSA) is 139 Å². The molecule has 0 rings (SSSR count). The average Bonchev–Trinajstić information content (AvgIpc) is 2.95. The quantitative estimate of drug-likeness (QED) is 0.0591. The lowest BCUT2D eigenvalue weighted by molar-refractivity contribution is -0.124. The van der Waals surface area contributed by atoms with E-state index in [1.165, 1.54) is 57.8 Å². The van der Waals surface area contributed by atoms with E-state index in [4.69, 9.17) is 9.84 Å². The van der Waals surface area contributed by atoms with Crippen LogP contribution < -0.4 is 5.32 Å². The van der Waals surface area contributed by atoms with Crippen LogP contribution in [0.4, 0.5) is 0 Å². The molecule has 0 aromatic carbocycles. The van der Waals surface area contributed by atoms with Crippen LogP contribution in [0.2, 0.25) is 0 Å². The molecule has 5 atom stereocenters. The van der Waals surface area contributed by atoms with Crippen LogP contribution in [0, 0.1) is 0 Å². The smallest absolute Gasteiger partial charge is 0.224 e. The summed E-state index contributed by atoms with van der Waals surface area (Å²) in [7, 11) is 0. The van der Waals surface area contributed by atoms with Crippen LogP contribution in [0.5, 0.6) is 0 Å². The van der Waals surface area contributed by atoms with Crippen molar-refractivity contribution in [2.24, 2.45) is 0 Å². The fourth-order valence-electron chi connectivity index (χ4n) is 4.42. The Bertz CT molecular complexity index is 628. The number of unbranched alkanes of at least 4 members (excludes halogenated alkanes) is 12. The van der Waals surface area contributed by atoms with Crippen LogP contribution in [0.3, 0.4) is 0 Å². The lowest BCUT2D eigenvalue weighted by Crippen LogP contribution is -2.51. The lowest BCUT2D eigenvalue weighted by Gasteiger charge is -2.28. The summed E-state index contributed by atoms with van der Waals surface area (Å²) in [6, 6.07) is -0.879. The minimum absolute atomic E-state index is 0.130.